The highest BCUT2D eigenvalue weighted by Crippen LogP contribution is 1.83. The van der Waals surface area contributed by atoms with Crippen LogP contribution in [-0.2, 0) is 9.53 Å². The molecule has 0 unspecified atom stereocenters. The Morgan fingerprint density at radius 1 is 1.73 bits per heavy atom. The van der Waals surface area contributed by atoms with Crippen LogP contribution in [0, 0.1) is 0 Å². The third kappa shape index (κ3) is 9.30. The van der Waals surface area contributed by atoms with E-state index in [1.165, 1.54) is 0 Å². The van der Waals surface area contributed by atoms with Crippen LogP contribution in [0.15, 0.2) is 12.8 Å². The Balaban J connectivity index is 0. The van der Waals surface area contributed by atoms with Gasteiger partial charge in [-0.2, -0.15) is 0 Å². The first kappa shape index (κ1) is 12.9. The first-order chi connectivity index (χ1) is 4.81. The van der Waals surface area contributed by atoms with Crippen LogP contribution in [0.25, 0.3) is 0 Å². The molecule has 0 atom stereocenters. The van der Waals surface area contributed by atoms with Crippen molar-refractivity contribution in [3.05, 3.63) is 12.8 Å². The van der Waals surface area contributed by atoms with Crippen LogP contribution < -0.4 is 5.32 Å². The van der Waals surface area contributed by atoms with Crippen LogP contribution in [0.3, 0.4) is 0 Å². The van der Waals surface area contributed by atoms with Gasteiger partial charge in [-0.25, -0.2) is 0 Å². The molecule has 0 aromatic rings. The van der Waals surface area contributed by atoms with Gasteiger partial charge in [-0.05, 0) is 13.1 Å². The molecule has 0 rings (SSSR count). The third-order valence-electron chi connectivity index (χ3n) is 0.923. The highest BCUT2D eigenvalue weighted by atomic mass is 35.5. The number of nitrogens with one attached hydrogen (secondary N) is 1. The van der Waals surface area contributed by atoms with E-state index in [1.807, 2.05) is 0 Å². The molecule has 0 aliphatic carbocycles. The molecule has 0 saturated heterocycles. The summed E-state index contributed by atoms with van der Waals surface area (Å²) in [4.78, 5) is 10.6. The van der Waals surface area contributed by atoms with Gasteiger partial charge in [-0.15, -0.1) is 12.4 Å². The zero-order valence-corrected chi connectivity index (χ0v) is 7.45. The molecule has 0 bridgehead atoms. The Labute approximate surface area is 73.2 Å². The predicted molar refractivity (Wildman–Crippen MR) is 46.7 cm³/mol. The molecule has 0 aromatic heterocycles. The molecule has 0 aliphatic rings. The number of rotatable bonds is 5. The van der Waals surface area contributed by atoms with Crippen LogP contribution in [-0.4, -0.2) is 19.1 Å². The molecule has 0 saturated carbocycles. The molecule has 0 spiro atoms. The van der Waals surface area contributed by atoms with Crippen LogP contribution in [0.1, 0.15) is 13.3 Å². The lowest BCUT2D eigenvalue weighted by Crippen LogP contribution is -2.13. The lowest BCUT2D eigenvalue weighted by atomic mass is 10.4. The number of carbonyl (C=O) groups is 1. The van der Waals surface area contributed by atoms with Gasteiger partial charge in [0.15, 0.2) is 0 Å². The maximum Gasteiger partial charge on any atom is 0.307 e. The molecule has 4 heteroatoms. The molecule has 3 nitrogen and oxygen atoms in total. The molecule has 0 amide bonds. The fourth-order valence-electron chi connectivity index (χ4n) is 0.509. The predicted octanol–water partition coefficient (Wildman–Crippen LogP) is 1.09. The monoisotopic (exact) mass is 179 g/mol. The molecular weight excluding hydrogens is 166 g/mol. The Hall–Kier alpha value is -0.700. The molecule has 1 N–H and O–H groups in total. The summed E-state index contributed by atoms with van der Waals surface area (Å²) in [6.45, 7) is 6.28. The molecule has 0 radical (unpaired) electrons. The molecule has 0 heterocycles. The second kappa shape index (κ2) is 9.30. The van der Waals surface area contributed by atoms with Crippen molar-refractivity contribution in [2.45, 2.75) is 13.3 Å². The van der Waals surface area contributed by atoms with E-state index in [9.17, 15) is 4.79 Å². The van der Waals surface area contributed by atoms with Crippen molar-refractivity contribution in [1.29, 1.82) is 0 Å². The van der Waals surface area contributed by atoms with Crippen LogP contribution >= 0.6 is 12.4 Å². The van der Waals surface area contributed by atoms with Gasteiger partial charge in [-0.3, -0.25) is 4.79 Å². The van der Waals surface area contributed by atoms with Crippen LogP contribution in [0.2, 0.25) is 0 Å². The minimum absolute atomic E-state index is 0. The van der Waals surface area contributed by atoms with E-state index in [0.717, 1.165) is 0 Å². The average molecular weight is 180 g/mol. The largest absolute Gasteiger partial charge is 0.466 e. The highest BCUT2D eigenvalue weighted by molar-refractivity contribution is 5.85. The van der Waals surface area contributed by atoms with Gasteiger partial charge in [0.05, 0.1) is 13.0 Å². The Morgan fingerprint density at radius 3 is 2.82 bits per heavy atom. The molecule has 0 aliphatic heterocycles. The van der Waals surface area contributed by atoms with Gasteiger partial charge < -0.3 is 10.1 Å². The second-order valence-electron chi connectivity index (χ2n) is 1.71. The summed E-state index contributed by atoms with van der Waals surface area (Å²) in [5, 5.41) is 2.80. The van der Waals surface area contributed by atoms with Gasteiger partial charge in [0.1, 0.15) is 0 Å². The van der Waals surface area contributed by atoms with Crippen molar-refractivity contribution < 1.29 is 9.53 Å². The minimum atomic E-state index is -0.170. The summed E-state index contributed by atoms with van der Waals surface area (Å²) in [5.41, 5.74) is 0. The quantitative estimate of drug-likeness (QED) is 0.507. The van der Waals surface area contributed by atoms with E-state index >= 15 is 0 Å². The standard InChI is InChI=1S/C7H13NO2.ClH/c1-3-8-6-5-7(9)10-4-2;/h3,8H,1,4-6H2,2H3;1H. The summed E-state index contributed by atoms with van der Waals surface area (Å²) in [5.74, 6) is -0.170. The van der Waals surface area contributed by atoms with E-state index in [2.05, 4.69) is 16.6 Å². The number of hydrogen-bond acceptors (Lipinski definition) is 3. The first-order valence-electron chi connectivity index (χ1n) is 3.31. The fraction of sp³-hybridized carbons (Fsp3) is 0.571. The lowest BCUT2D eigenvalue weighted by molar-refractivity contribution is -0.142. The van der Waals surface area contributed by atoms with E-state index in [0.29, 0.717) is 19.6 Å². The van der Waals surface area contributed by atoms with Crippen LogP contribution in [0.5, 0.6) is 0 Å². The van der Waals surface area contributed by atoms with E-state index in [4.69, 9.17) is 0 Å². The first-order valence-corrected chi connectivity index (χ1v) is 3.31. The Bertz CT molecular complexity index is 117. The van der Waals surface area contributed by atoms with E-state index in [1.54, 1.807) is 13.1 Å². The molecular formula is C7H14ClNO2. The summed E-state index contributed by atoms with van der Waals surface area (Å²) in [6, 6.07) is 0. The summed E-state index contributed by atoms with van der Waals surface area (Å²) >= 11 is 0. The van der Waals surface area contributed by atoms with Gasteiger partial charge in [0.25, 0.3) is 0 Å². The fourth-order valence-corrected chi connectivity index (χ4v) is 0.509. The smallest absolute Gasteiger partial charge is 0.307 e. The van der Waals surface area contributed by atoms with Crippen molar-refractivity contribution in [3.8, 4) is 0 Å². The molecule has 0 aromatic carbocycles. The van der Waals surface area contributed by atoms with E-state index < -0.39 is 0 Å². The third-order valence-corrected chi connectivity index (χ3v) is 0.923. The lowest BCUT2D eigenvalue weighted by Gasteiger charge is -2.00. The maximum atomic E-state index is 10.6. The molecule has 66 valence electrons. The average Bonchev–Trinajstić information content (AvgIpc) is 1.89. The number of ether oxygens (including phenoxy) is 1. The number of esters is 1. The van der Waals surface area contributed by atoms with Crippen LogP contribution in [0.4, 0.5) is 0 Å². The van der Waals surface area contributed by atoms with Gasteiger partial charge in [0, 0.05) is 6.54 Å². The maximum absolute atomic E-state index is 10.6. The van der Waals surface area contributed by atoms with Crippen molar-refractivity contribution in [2.75, 3.05) is 13.2 Å². The van der Waals surface area contributed by atoms with E-state index in [-0.39, 0.29) is 18.4 Å². The topological polar surface area (TPSA) is 38.3 Å². The number of hydrogen-bond donors (Lipinski definition) is 1. The number of carbonyl (C=O) groups excluding carboxylic acids is 1. The normalized spacial score (nSPS) is 7.73. The highest BCUT2D eigenvalue weighted by Gasteiger charge is 1.97. The summed E-state index contributed by atoms with van der Waals surface area (Å²) < 4.78 is 4.68. The molecule has 0 fully saturated rings. The summed E-state index contributed by atoms with van der Waals surface area (Å²) in [6.07, 6.45) is 1.96. The second-order valence-corrected chi connectivity index (χ2v) is 1.71. The van der Waals surface area contributed by atoms with Gasteiger partial charge in [-0.1, -0.05) is 6.58 Å². The van der Waals surface area contributed by atoms with Gasteiger partial charge in [0.2, 0.25) is 0 Å². The SMILES string of the molecule is C=CNCCC(=O)OCC.Cl. The van der Waals surface area contributed by atoms with Crippen molar-refractivity contribution in [3.63, 3.8) is 0 Å². The van der Waals surface area contributed by atoms with Crippen molar-refractivity contribution in [1.82, 2.24) is 5.32 Å². The van der Waals surface area contributed by atoms with Crippen molar-refractivity contribution >= 4 is 18.4 Å². The molecule has 11 heavy (non-hydrogen) atoms. The summed E-state index contributed by atoms with van der Waals surface area (Å²) in [7, 11) is 0. The van der Waals surface area contributed by atoms with Crippen molar-refractivity contribution in [2.24, 2.45) is 0 Å². The zero-order valence-electron chi connectivity index (χ0n) is 6.63. The number of halogens is 1. The zero-order chi connectivity index (χ0) is 7.82. The minimum Gasteiger partial charge on any atom is -0.466 e. The Kier molecular flexibility index (Phi) is 10.9. The Morgan fingerprint density at radius 2 is 2.36 bits per heavy atom. The van der Waals surface area contributed by atoms with Gasteiger partial charge >= 0.3 is 5.97 Å².